The number of rotatable bonds is 4. The Labute approximate surface area is 120 Å². The molecule has 2 heterocycles. The first-order valence-corrected chi connectivity index (χ1v) is 6.79. The van der Waals surface area contributed by atoms with Gasteiger partial charge in [-0.2, -0.15) is 0 Å². The monoisotopic (exact) mass is 297 g/mol. The summed E-state index contributed by atoms with van der Waals surface area (Å²) in [5.41, 5.74) is 0.217. The van der Waals surface area contributed by atoms with Crippen molar-refractivity contribution in [3.63, 3.8) is 0 Å². The van der Waals surface area contributed by atoms with Crippen molar-refractivity contribution in [3.05, 3.63) is 27.8 Å². The van der Waals surface area contributed by atoms with Gasteiger partial charge in [0, 0.05) is 26.2 Å². The summed E-state index contributed by atoms with van der Waals surface area (Å²) in [6, 6.07) is 2.22. The molecule has 1 aromatic carbocycles. The van der Waals surface area contributed by atoms with Gasteiger partial charge in [-0.1, -0.05) is 0 Å². The van der Waals surface area contributed by atoms with Crippen LogP contribution < -0.4 is 14.8 Å². The van der Waals surface area contributed by atoms with Gasteiger partial charge in [0.15, 0.2) is 11.5 Å². The van der Waals surface area contributed by atoms with E-state index < -0.39 is 17.6 Å². The average molecular weight is 297 g/mol. The number of alkyl halides is 1. The minimum atomic E-state index is -0.680. The highest BCUT2D eigenvalue weighted by Gasteiger charge is 2.31. The lowest BCUT2D eigenvalue weighted by Crippen LogP contribution is -2.45. The maximum Gasteiger partial charge on any atom is 0.278 e. The molecule has 0 radical (unpaired) electrons. The molecule has 3 rings (SSSR count). The molecule has 2 aliphatic rings. The zero-order valence-corrected chi connectivity index (χ0v) is 11.4. The highest BCUT2D eigenvalue weighted by atomic mass is 19.1. The summed E-state index contributed by atoms with van der Waals surface area (Å²) < 4.78 is 24.0. The fourth-order valence-corrected chi connectivity index (χ4v) is 2.74. The van der Waals surface area contributed by atoms with Crippen molar-refractivity contribution in [3.8, 4) is 11.5 Å². The Hall–Kier alpha value is -1.93. The number of piperazine rings is 1. The molecule has 2 aliphatic heterocycles. The summed E-state index contributed by atoms with van der Waals surface area (Å²) >= 11 is 0. The molecular formula is C13H16FN3O4. The summed E-state index contributed by atoms with van der Waals surface area (Å²) in [5, 5.41) is 14.5. The first-order valence-electron chi connectivity index (χ1n) is 6.79. The molecule has 0 bridgehead atoms. The summed E-state index contributed by atoms with van der Waals surface area (Å²) in [4.78, 5) is 12.7. The third-order valence-electron chi connectivity index (χ3n) is 3.82. The number of ether oxygens (including phenoxy) is 2. The normalized spacial score (nSPS) is 19.5. The molecule has 1 fully saturated rings. The molecule has 1 aromatic rings. The van der Waals surface area contributed by atoms with Gasteiger partial charge in [0.05, 0.1) is 22.6 Å². The zero-order valence-electron chi connectivity index (χ0n) is 11.4. The minimum Gasteiger partial charge on any atom is -0.454 e. The highest BCUT2D eigenvalue weighted by molar-refractivity contribution is 5.56. The molecule has 21 heavy (non-hydrogen) atoms. The van der Waals surface area contributed by atoms with Crippen molar-refractivity contribution in [2.24, 2.45) is 0 Å². The van der Waals surface area contributed by atoms with E-state index in [0.717, 1.165) is 13.1 Å². The van der Waals surface area contributed by atoms with Gasteiger partial charge in [-0.05, 0) is 6.07 Å². The molecule has 1 N–H and O–H groups in total. The van der Waals surface area contributed by atoms with Crippen LogP contribution in [-0.4, -0.2) is 49.5 Å². The van der Waals surface area contributed by atoms with Crippen molar-refractivity contribution < 1.29 is 18.8 Å². The van der Waals surface area contributed by atoms with Crippen LogP contribution in [0, 0.1) is 10.1 Å². The molecule has 1 saturated heterocycles. The lowest BCUT2D eigenvalue weighted by atomic mass is 10.0. The van der Waals surface area contributed by atoms with Crippen LogP contribution in [0.4, 0.5) is 10.1 Å². The van der Waals surface area contributed by atoms with Crippen molar-refractivity contribution in [2.45, 2.75) is 6.04 Å². The van der Waals surface area contributed by atoms with Crippen molar-refractivity contribution in [2.75, 3.05) is 39.6 Å². The van der Waals surface area contributed by atoms with E-state index in [2.05, 4.69) is 5.32 Å². The third-order valence-corrected chi connectivity index (χ3v) is 3.82. The molecule has 0 aliphatic carbocycles. The number of nitrogens with zero attached hydrogens (tertiary/aromatic N) is 2. The standard InChI is InChI=1S/C13H16FN3O4/c14-7-11(16-3-1-15-2-4-16)9-5-12-13(21-8-20-12)6-10(9)17(18)19/h5-6,11,15H,1-4,7-8H2/t11-/m0/s1. The summed E-state index contributed by atoms with van der Waals surface area (Å²) in [6.07, 6.45) is 0. The third kappa shape index (κ3) is 2.64. The SMILES string of the molecule is O=[N+]([O-])c1cc2c(cc1[C@H](CF)N1CCNCC1)OCO2. The molecule has 0 spiro atoms. The zero-order chi connectivity index (χ0) is 14.8. The van der Waals surface area contributed by atoms with Gasteiger partial charge >= 0.3 is 0 Å². The Morgan fingerprint density at radius 3 is 2.62 bits per heavy atom. The average Bonchev–Trinajstić information content (AvgIpc) is 2.95. The number of nitrogens with one attached hydrogen (secondary N) is 1. The maximum atomic E-state index is 13.6. The van der Waals surface area contributed by atoms with E-state index in [0.29, 0.717) is 30.2 Å². The van der Waals surface area contributed by atoms with Crippen LogP contribution in [0.15, 0.2) is 12.1 Å². The van der Waals surface area contributed by atoms with E-state index in [9.17, 15) is 14.5 Å². The van der Waals surface area contributed by atoms with Crippen molar-refractivity contribution >= 4 is 5.69 Å². The van der Waals surface area contributed by atoms with E-state index in [1.807, 2.05) is 4.90 Å². The smallest absolute Gasteiger partial charge is 0.278 e. The number of nitro benzene ring substituents is 1. The number of halogens is 1. The maximum absolute atomic E-state index is 13.6. The number of nitro groups is 1. The Morgan fingerprint density at radius 1 is 1.33 bits per heavy atom. The fourth-order valence-electron chi connectivity index (χ4n) is 2.74. The fraction of sp³-hybridized carbons (Fsp3) is 0.538. The van der Waals surface area contributed by atoms with Gasteiger partial charge in [-0.15, -0.1) is 0 Å². The van der Waals surface area contributed by atoms with E-state index in [-0.39, 0.29) is 12.5 Å². The second kappa shape index (κ2) is 5.82. The van der Waals surface area contributed by atoms with Crippen LogP contribution in [-0.2, 0) is 0 Å². The Balaban J connectivity index is 1.99. The predicted molar refractivity (Wildman–Crippen MR) is 72.4 cm³/mol. The van der Waals surface area contributed by atoms with Gasteiger partial charge < -0.3 is 14.8 Å². The highest BCUT2D eigenvalue weighted by Crippen LogP contribution is 2.41. The quantitative estimate of drug-likeness (QED) is 0.665. The lowest BCUT2D eigenvalue weighted by molar-refractivity contribution is -0.386. The molecule has 0 unspecified atom stereocenters. The van der Waals surface area contributed by atoms with Gasteiger partial charge in [0.2, 0.25) is 6.79 Å². The van der Waals surface area contributed by atoms with E-state index in [1.54, 1.807) is 0 Å². The van der Waals surface area contributed by atoms with Crippen LogP contribution in [0.3, 0.4) is 0 Å². The van der Waals surface area contributed by atoms with Crippen LogP contribution in [0.1, 0.15) is 11.6 Å². The van der Waals surface area contributed by atoms with Crippen molar-refractivity contribution in [1.29, 1.82) is 0 Å². The molecule has 0 aromatic heterocycles. The topological polar surface area (TPSA) is 76.9 Å². The Bertz CT molecular complexity index is 548. The van der Waals surface area contributed by atoms with Crippen LogP contribution in [0.2, 0.25) is 0 Å². The second-order valence-corrected chi connectivity index (χ2v) is 4.98. The molecule has 0 amide bonds. The van der Waals surface area contributed by atoms with E-state index >= 15 is 0 Å². The number of benzene rings is 1. The van der Waals surface area contributed by atoms with Gasteiger partial charge in [-0.25, -0.2) is 4.39 Å². The molecular weight excluding hydrogens is 281 g/mol. The van der Waals surface area contributed by atoms with Crippen LogP contribution >= 0.6 is 0 Å². The van der Waals surface area contributed by atoms with Gasteiger partial charge in [-0.3, -0.25) is 15.0 Å². The number of hydrogen-bond donors (Lipinski definition) is 1. The molecule has 8 heteroatoms. The van der Waals surface area contributed by atoms with Crippen LogP contribution in [0.25, 0.3) is 0 Å². The first-order chi connectivity index (χ1) is 10.2. The van der Waals surface area contributed by atoms with E-state index in [4.69, 9.17) is 9.47 Å². The molecule has 7 nitrogen and oxygen atoms in total. The summed E-state index contributed by atoms with van der Waals surface area (Å²) in [5.74, 6) is 0.771. The predicted octanol–water partition coefficient (Wildman–Crippen LogP) is 1.24. The largest absolute Gasteiger partial charge is 0.454 e. The van der Waals surface area contributed by atoms with Crippen LogP contribution in [0.5, 0.6) is 11.5 Å². The first kappa shape index (κ1) is 14.0. The summed E-state index contributed by atoms with van der Waals surface area (Å²) in [6.45, 7) is 2.15. The number of hydrogen-bond acceptors (Lipinski definition) is 6. The Kier molecular flexibility index (Phi) is 3.89. The molecule has 1 atom stereocenters. The Morgan fingerprint density at radius 2 is 2.00 bits per heavy atom. The van der Waals surface area contributed by atoms with Crippen molar-refractivity contribution in [1.82, 2.24) is 10.2 Å². The summed E-state index contributed by atoms with van der Waals surface area (Å²) in [7, 11) is 0. The number of fused-ring (bicyclic) bond motifs is 1. The van der Waals surface area contributed by atoms with Gasteiger partial charge in [0.1, 0.15) is 6.67 Å². The second-order valence-electron chi connectivity index (χ2n) is 4.98. The minimum absolute atomic E-state index is 0.0316. The van der Waals surface area contributed by atoms with Gasteiger partial charge in [0.25, 0.3) is 5.69 Å². The van der Waals surface area contributed by atoms with E-state index in [1.165, 1.54) is 12.1 Å². The molecule has 114 valence electrons. The lowest BCUT2D eigenvalue weighted by Gasteiger charge is -2.33. The molecule has 0 saturated carbocycles.